The van der Waals surface area contributed by atoms with Gasteiger partial charge in [-0.1, -0.05) is 52.0 Å². The number of benzene rings is 1. The van der Waals surface area contributed by atoms with Crippen molar-refractivity contribution in [3.8, 4) is 0 Å². The molecule has 2 aromatic rings. The molecule has 2 atom stereocenters. The molecule has 2 nitrogen and oxygen atoms in total. The van der Waals surface area contributed by atoms with Gasteiger partial charge >= 0.3 is 0 Å². The van der Waals surface area contributed by atoms with Crippen LogP contribution in [0.2, 0.25) is 0 Å². The second-order valence-corrected chi connectivity index (χ2v) is 6.24. The van der Waals surface area contributed by atoms with Crippen LogP contribution in [0.4, 0.5) is 0 Å². The van der Waals surface area contributed by atoms with E-state index in [1.54, 1.807) is 0 Å². The van der Waals surface area contributed by atoms with Crippen LogP contribution in [-0.2, 0) is 0 Å². The summed E-state index contributed by atoms with van der Waals surface area (Å²) in [4.78, 5) is 4.57. The topological polar surface area (TPSA) is 24.9 Å². The van der Waals surface area contributed by atoms with Crippen LogP contribution in [-0.4, -0.2) is 18.1 Å². The molecule has 0 aliphatic heterocycles. The highest BCUT2D eigenvalue weighted by atomic mass is 14.9. The first-order chi connectivity index (χ1) is 9.59. The number of para-hydroxylation sites is 1. The number of hydrogen-bond donors (Lipinski definition) is 1. The molecule has 0 aliphatic carbocycles. The largest absolute Gasteiger partial charge is 0.316 e. The summed E-state index contributed by atoms with van der Waals surface area (Å²) in [5.74, 6) is 1.81. The molecule has 0 spiro atoms. The first-order valence-corrected chi connectivity index (χ1v) is 7.64. The number of pyridine rings is 1. The lowest BCUT2D eigenvalue weighted by molar-refractivity contribution is 0.429. The third kappa shape index (κ3) is 3.57. The smallest absolute Gasteiger partial charge is 0.0736 e. The van der Waals surface area contributed by atoms with E-state index in [0.717, 1.165) is 18.6 Å². The van der Waals surface area contributed by atoms with E-state index >= 15 is 0 Å². The van der Waals surface area contributed by atoms with Crippen LogP contribution in [0.15, 0.2) is 36.5 Å². The van der Waals surface area contributed by atoms with Crippen molar-refractivity contribution in [2.45, 2.75) is 33.6 Å². The molecular formula is C18H26N2. The predicted molar refractivity (Wildman–Crippen MR) is 87.0 cm³/mol. The lowest BCUT2D eigenvalue weighted by Crippen LogP contribution is -2.27. The van der Waals surface area contributed by atoms with Gasteiger partial charge in [-0.3, -0.25) is 4.98 Å². The van der Waals surface area contributed by atoms with Crippen molar-refractivity contribution >= 4 is 10.9 Å². The Morgan fingerprint density at radius 1 is 1.00 bits per heavy atom. The molecular weight excluding hydrogens is 244 g/mol. The summed E-state index contributed by atoms with van der Waals surface area (Å²) in [5, 5.41) is 4.80. The lowest BCUT2D eigenvalue weighted by Gasteiger charge is -2.22. The number of rotatable bonds is 6. The van der Waals surface area contributed by atoms with Gasteiger partial charge in [0, 0.05) is 11.6 Å². The molecule has 1 heterocycles. The molecule has 0 aliphatic rings. The van der Waals surface area contributed by atoms with E-state index in [9.17, 15) is 0 Å². The summed E-state index contributed by atoms with van der Waals surface area (Å²) in [6.45, 7) is 11.3. The van der Waals surface area contributed by atoms with E-state index < -0.39 is 0 Å². The fraction of sp³-hybridized carbons (Fsp3) is 0.500. The standard InChI is InChI=1S/C18H26N2/c1-13(2)11-19-12-14(3)15(4)17-9-5-7-16-8-6-10-20-18(16)17/h5-10,13-15,19H,11-12H2,1-4H3. The zero-order chi connectivity index (χ0) is 14.5. The molecule has 2 rings (SSSR count). The fourth-order valence-corrected chi connectivity index (χ4v) is 2.58. The van der Waals surface area contributed by atoms with Gasteiger partial charge in [0.1, 0.15) is 0 Å². The van der Waals surface area contributed by atoms with Crippen molar-refractivity contribution in [2.24, 2.45) is 11.8 Å². The van der Waals surface area contributed by atoms with E-state index in [1.165, 1.54) is 10.9 Å². The first-order valence-electron chi connectivity index (χ1n) is 7.64. The maximum atomic E-state index is 4.57. The lowest BCUT2D eigenvalue weighted by atomic mass is 9.87. The van der Waals surface area contributed by atoms with E-state index in [2.05, 4.69) is 62.3 Å². The molecule has 2 heteroatoms. The SMILES string of the molecule is CC(C)CNCC(C)C(C)c1cccc2cccnc12. The van der Waals surface area contributed by atoms with Crippen LogP contribution in [0.1, 0.15) is 39.2 Å². The molecule has 0 saturated carbocycles. The van der Waals surface area contributed by atoms with Crippen LogP contribution < -0.4 is 5.32 Å². The van der Waals surface area contributed by atoms with Crippen molar-refractivity contribution < 1.29 is 0 Å². The fourth-order valence-electron chi connectivity index (χ4n) is 2.58. The number of nitrogens with one attached hydrogen (secondary N) is 1. The summed E-state index contributed by atoms with van der Waals surface area (Å²) >= 11 is 0. The first kappa shape index (κ1) is 15.0. The minimum absolute atomic E-state index is 0.508. The summed E-state index contributed by atoms with van der Waals surface area (Å²) in [7, 11) is 0. The van der Waals surface area contributed by atoms with E-state index in [4.69, 9.17) is 0 Å². The second-order valence-electron chi connectivity index (χ2n) is 6.24. The molecule has 0 amide bonds. The van der Waals surface area contributed by atoms with Crippen LogP contribution >= 0.6 is 0 Å². The van der Waals surface area contributed by atoms with Crippen LogP contribution in [0.3, 0.4) is 0 Å². The van der Waals surface area contributed by atoms with Crippen molar-refractivity contribution in [3.05, 3.63) is 42.1 Å². The Balaban J connectivity index is 2.12. The van der Waals surface area contributed by atoms with Gasteiger partial charge in [0.15, 0.2) is 0 Å². The summed E-state index contributed by atoms with van der Waals surface area (Å²) in [6, 6.07) is 10.6. The van der Waals surface area contributed by atoms with Gasteiger partial charge in [-0.15, -0.1) is 0 Å². The summed E-state index contributed by atoms with van der Waals surface area (Å²) < 4.78 is 0. The average Bonchev–Trinajstić information content (AvgIpc) is 2.45. The summed E-state index contributed by atoms with van der Waals surface area (Å²) in [6.07, 6.45) is 1.89. The highest BCUT2D eigenvalue weighted by Gasteiger charge is 2.17. The van der Waals surface area contributed by atoms with E-state index in [1.807, 2.05) is 12.3 Å². The maximum Gasteiger partial charge on any atom is 0.0736 e. The number of hydrogen-bond acceptors (Lipinski definition) is 2. The van der Waals surface area contributed by atoms with Crippen molar-refractivity contribution in [3.63, 3.8) is 0 Å². The van der Waals surface area contributed by atoms with Crippen molar-refractivity contribution in [2.75, 3.05) is 13.1 Å². The van der Waals surface area contributed by atoms with Crippen LogP contribution in [0.5, 0.6) is 0 Å². The molecule has 108 valence electrons. The molecule has 20 heavy (non-hydrogen) atoms. The zero-order valence-corrected chi connectivity index (χ0v) is 13.1. The molecule has 0 fully saturated rings. The Kier molecular flexibility index (Phi) is 5.13. The van der Waals surface area contributed by atoms with Gasteiger partial charge < -0.3 is 5.32 Å². The van der Waals surface area contributed by atoms with Gasteiger partial charge in [-0.05, 0) is 42.5 Å². The van der Waals surface area contributed by atoms with Gasteiger partial charge in [-0.2, -0.15) is 0 Å². The Bertz CT molecular complexity index is 543. The minimum Gasteiger partial charge on any atom is -0.316 e. The molecule has 0 radical (unpaired) electrons. The third-order valence-electron chi connectivity index (χ3n) is 4.03. The predicted octanol–water partition coefficient (Wildman–Crippen LogP) is 4.22. The molecule has 1 aromatic heterocycles. The zero-order valence-electron chi connectivity index (χ0n) is 13.1. The molecule has 1 aromatic carbocycles. The Labute approximate surface area is 122 Å². The molecule has 0 bridgehead atoms. The van der Waals surface area contributed by atoms with Crippen LogP contribution in [0.25, 0.3) is 10.9 Å². The Hall–Kier alpha value is -1.41. The summed E-state index contributed by atoms with van der Waals surface area (Å²) in [5.41, 5.74) is 2.51. The molecule has 2 unspecified atom stereocenters. The number of nitrogens with zero attached hydrogens (tertiary/aromatic N) is 1. The molecule has 1 N–H and O–H groups in total. The van der Waals surface area contributed by atoms with Crippen molar-refractivity contribution in [1.29, 1.82) is 0 Å². The number of aromatic nitrogens is 1. The van der Waals surface area contributed by atoms with Gasteiger partial charge in [0.2, 0.25) is 0 Å². The van der Waals surface area contributed by atoms with Gasteiger partial charge in [0.05, 0.1) is 5.52 Å². The molecule has 0 saturated heterocycles. The van der Waals surface area contributed by atoms with E-state index in [-0.39, 0.29) is 0 Å². The highest BCUT2D eigenvalue weighted by Crippen LogP contribution is 2.28. The average molecular weight is 270 g/mol. The van der Waals surface area contributed by atoms with Gasteiger partial charge in [-0.25, -0.2) is 0 Å². The second kappa shape index (κ2) is 6.85. The van der Waals surface area contributed by atoms with Crippen molar-refractivity contribution in [1.82, 2.24) is 10.3 Å². The Morgan fingerprint density at radius 2 is 1.75 bits per heavy atom. The monoisotopic (exact) mass is 270 g/mol. The third-order valence-corrected chi connectivity index (χ3v) is 4.03. The van der Waals surface area contributed by atoms with E-state index in [0.29, 0.717) is 17.8 Å². The maximum absolute atomic E-state index is 4.57. The van der Waals surface area contributed by atoms with Gasteiger partial charge in [0.25, 0.3) is 0 Å². The quantitative estimate of drug-likeness (QED) is 0.850. The van der Waals surface area contributed by atoms with Crippen LogP contribution in [0, 0.1) is 11.8 Å². The normalized spacial score (nSPS) is 14.7. The minimum atomic E-state index is 0.508. The number of fused-ring (bicyclic) bond motifs is 1. The Morgan fingerprint density at radius 3 is 2.50 bits per heavy atom. The highest BCUT2D eigenvalue weighted by molar-refractivity contribution is 5.82.